The van der Waals surface area contributed by atoms with Crippen LogP contribution in [0.2, 0.25) is 0 Å². The van der Waals surface area contributed by atoms with Crippen LogP contribution in [-0.2, 0) is 9.53 Å². The van der Waals surface area contributed by atoms with Gasteiger partial charge >= 0.3 is 5.97 Å². The molecule has 0 aliphatic rings. The van der Waals surface area contributed by atoms with Crippen molar-refractivity contribution in [2.24, 2.45) is 11.3 Å². The molecule has 0 radical (unpaired) electrons. The molecule has 0 saturated heterocycles. The Morgan fingerprint density at radius 3 is 2.17 bits per heavy atom. The standard InChI is InChI=1S/C20H30O3/c1-7-14(18(17(21)8-2)20(4,5)6)15-12-10-11-13-16(15)19(22)23-9-3/h10-14,18H,7-9H2,1-6H3. The van der Waals surface area contributed by atoms with Crippen molar-refractivity contribution in [2.75, 3.05) is 6.61 Å². The quantitative estimate of drug-likeness (QED) is 0.665. The highest BCUT2D eigenvalue weighted by Gasteiger charge is 2.38. The number of esters is 1. The molecule has 0 N–H and O–H groups in total. The molecule has 0 bridgehead atoms. The molecule has 2 unspecified atom stereocenters. The molecule has 3 heteroatoms. The minimum atomic E-state index is -0.307. The average molecular weight is 318 g/mol. The predicted molar refractivity (Wildman–Crippen MR) is 93.7 cm³/mol. The zero-order chi connectivity index (χ0) is 17.6. The zero-order valence-electron chi connectivity index (χ0n) is 15.3. The molecule has 0 saturated carbocycles. The van der Waals surface area contributed by atoms with Crippen LogP contribution in [0.5, 0.6) is 0 Å². The van der Waals surface area contributed by atoms with E-state index in [1.54, 1.807) is 13.0 Å². The third-order valence-electron chi connectivity index (χ3n) is 4.33. The number of ketones is 1. The van der Waals surface area contributed by atoms with Gasteiger partial charge in [0.05, 0.1) is 12.2 Å². The van der Waals surface area contributed by atoms with Gasteiger partial charge in [-0.3, -0.25) is 4.79 Å². The third kappa shape index (κ3) is 4.66. The lowest BCUT2D eigenvalue weighted by molar-refractivity contribution is -0.126. The first-order valence-corrected chi connectivity index (χ1v) is 8.56. The molecule has 0 aliphatic carbocycles. The van der Waals surface area contributed by atoms with Gasteiger partial charge in [-0.25, -0.2) is 4.79 Å². The van der Waals surface area contributed by atoms with E-state index in [0.717, 1.165) is 12.0 Å². The summed E-state index contributed by atoms with van der Waals surface area (Å²) in [6.07, 6.45) is 1.32. The molecule has 23 heavy (non-hydrogen) atoms. The molecule has 3 nitrogen and oxygen atoms in total. The van der Waals surface area contributed by atoms with E-state index in [2.05, 4.69) is 27.7 Å². The van der Waals surface area contributed by atoms with Gasteiger partial charge in [-0.2, -0.15) is 0 Å². The van der Waals surface area contributed by atoms with Crippen molar-refractivity contribution in [1.82, 2.24) is 0 Å². The Labute approximate surface area is 140 Å². The highest BCUT2D eigenvalue weighted by molar-refractivity contribution is 5.92. The van der Waals surface area contributed by atoms with Crippen LogP contribution in [0.4, 0.5) is 0 Å². The van der Waals surface area contributed by atoms with Gasteiger partial charge in [-0.15, -0.1) is 0 Å². The van der Waals surface area contributed by atoms with E-state index in [-0.39, 0.29) is 29.0 Å². The van der Waals surface area contributed by atoms with E-state index >= 15 is 0 Å². The number of ether oxygens (including phenoxy) is 1. The lowest BCUT2D eigenvalue weighted by Gasteiger charge is -2.36. The van der Waals surface area contributed by atoms with Gasteiger partial charge < -0.3 is 4.74 Å². The molecule has 128 valence electrons. The van der Waals surface area contributed by atoms with Crippen molar-refractivity contribution in [3.05, 3.63) is 35.4 Å². The van der Waals surface area contributed by atoms with Crippen LogP contribution in [0, 0.1) is 11.3 Å². The topological polar surface area (TPSA) is 43.4 Å². The van der Waals surface area contributed by atoms with Gasteiger partial charge in [0.1, 0.15) is 5.78 Å². The number of Topliss-reactive ketones (excluding diaryl/α,β-unsaturated/α-hetero) is 1. The maximum atomic E-state index is 12.6. The van der Waals surface area contributed by atoms with E-state index < -0.39 is 0 Å². The maximum Gasteiger partial charge on any atom is 0.338 e. The predicted octanol–water partition coefficient (Wildman–Crippen LogP) is 5.00. The number of hydrogen-bond acceptors (Lipinski definition) is 3. The Balaban J connectivity index is 3.39. The first-order valence-electron chi connectivity index (χ1n) is 8.56. The van der Waals surface area contributed by atoms with Crippen molar-refractivity contribution in [2.45, 2.75) is 60.3 Å². The van der Waals surface area contributed by atoms with Crippen molar-refractivity contribution < 1.29 is 14.3 Å². The van der Waals surface area contributed by atoms with Gasteiger partial charge in [0, 0.05) is 12.3 Å². The number of benzene rings is 1. The van der Waals surface area contributed by atoms with Crippen LogP contribution < -0.4 is 0 Å². The highest BCUT2D eigenvalue weighted by atomic mass is 16.5. The normalized spacial score (nSPS) is 14.2. The van der Waals surface area contributed by atoms with Gasteiger partial charge in [0.25, 0.3) is 0 Å². The van der Waals surface area contributed by atoms with Gasteiger partial charge in [0.15, 0.2) is 0 Å². The van der Waals surface area contributed by atoms with E-state index in [1.807, 2.05) is 25.1 Å². The largest absolute Gasteiger partial charge is 0.462 e. The van der Waals surface area contributed by atoms with E-state index in [4.69, 9.17) is 4.74 Å². The molecule has 0 aliphatic heterocycles. The fourth-order valence-electron chi connectivity index (χ4n) is 3.38. The molecule has 2 atom stereocenters. The van der Waals surface area contributed by atoms with Crippen LogP contribution >= 0.6 is 0 Å². The van der Waals surface area contributed by atoms with Gasteiger partial charge in [-0.05, 0) is 36.3 Å². The molecule has 0 amide bonds. The Morgan fingerprint density at radius 1 is 1.09 bits per heavy atom. The summed E-state index contributed by atoms with van der Waals surface area (Å²) in [6.45, 7) is 12.4. The summed E-state index contributed by atoms with van der Waals surface area (Å²) in [5, 5.41) is 0. The van der Waals surface area contributed by atoms with E-state index in [1.165, 1.54) is 0 Å². The number of carbonyl (C=O) groups excluding carboxylic acids is 2. The highest BCUT2D eigenvalue weighted by Crippen LogP contribution is 2.42. The maximum absolute atomic E-state index is 12.6. The van der Waals surface area contributed by atoms with Gasteiger partial charge in [-0.1, -0.05) is 52.8 Å². The number of carbonyl (C=O) groups is 2. The lowest BCUT2D eigenvalue weighted by atomic mass is 9.66. The molecule has 0 spiro atoms. The molecule has 0 fully saturated rings. The minimum Gasteiger partial charge on any atom is -0.462 e. The molecule has 1 rings (SSSR count). The number of rotatable bonds is 7. The lowest BCUT2D eigenvalue weighted by Crippen LogP contribution is -2.34. The Kier molecular flexibility index (Phi) is 6.99. The second kappa shape index (κ2) is 8.28. The molecule has 1 aromatic rings. The van der Waals surface area contributed by atoms with Crippen LogP contribution in [0.25, 0.3) is 0 Å². The second-order valence-corrected chi connectivity index (χ2v) is 6.99. The van der Waals surface area contributed by atoms with Crippen LogP contribution in [-0.4, -0.2) is 18.4 Å². The monoisotopic (exact) mass is 318 g/mol. The van der Waals surface area contributed by atoms with E-state index in [9.17, 15) is 9.59 Å². The molecule has 1 aromatic carbocycles. The smallest absolute Gasteiger partial charge is 0.338 e. The first kappa shape index (κ1) is 19.4. The van der Waals surface area contributed by atoms with Crippen molar-refractivity contribution in [1.29, 1.82) is 0 Å². The summed E-state index contributed by atoms with van der Waals surface area (Å²) in [5.74, 6) is -0.155. The summed E-state index contributed by atoms with van der Waals surface area (Å²) in [4.78, 5) is 24.9. The molecule has 0 aromatic heterocycles. The van der Waals surface area contributed by atoms with Crippen LogP contribution in [0.15, 0.2) is 24.3 Å². The van der Waals surface area contributed by atoms with Crippen molar-refractivity contribution in [3.8, 4) is 0 Å². The third-order valence-corrected chi connectivity index (χ3v) is 4.33. The van der Waals surface area contributed by atoms with Crippen LogP contribution in [0.3, 0.4) is 0 Å². The molecule has 0 heterocycles. The van der Waals surface area contributed by atoms with Gasteiger partial charge in [0.2, 0.25) is 0 Å². The zero-order valence-corrected chi connectivity index (χ0v) is 15.3. The average Bonchev–Trinajstić information content (AvgIpc) is 2.50. The fourth-order valence-corrected chi connectivity index (χ4v) is 3.38. The fraction of sp³-hybridized carbons (Fsp3) is 0.600. The molecular weight excluding hydrogens is 288 g/mol. The Hall–Kier alpha value is -1.64. The minimum absolute atomic E-state index is 0.0167. The number of hydrogen-bond donors (Lipinski definition) is 0. The Bertz CT molecular complexity index is 540. The SMILES string of the molecule is CCOC(=O)c1ccccc1C(CC)C(C(=O)CC)C(C)(C)C. The summed E-state index contributed by atoms with van der Waals surface area (Å²) >= 11 is 0. The summed E-state index contributed by atoms with van der Waals surface area (Å²) in [5.41, 5.74) is 1.35. The van der Waals surface area contributed by atoms with Crippen LogP contribution in [0.1, 0.15) is 76.2 Å². The summed E-state index contributed by atoms with van der Waals surface area (Å²) in [7, 11) is 0. The summed E-state index contributed by atoms with van der Waals surface area (Å²) < 4.78 is 5.19. The first-order chi connectivity index (χ1) is 10.8. The van der Waals surface area contributed by atoms with Crippen molar-refractivity contribution in [3.63, 3.8) is 0 Å². The summed E-state index contributed by atoms with van der Waals surface area (Å²) in [6, 6.07) is 7.53. The second-order valence-electron chi connectivity index (χ2n) is 6.99. The van der Waals surface area contributed by atoms with E-state index in [0.29, 0.717) is 18.6 Å². The Morgan fingerprint density at radius 2 is 1.70 bits per heavy atom. The molecular formula is C20H30O3. The van der Waals surface area contributed by atoms with Crippen molar-refractivity contribution >= 4 is 11.8 Å².